The summed E-state index contributed by atoms with van der Waals surface area (Å²) in [6.07, 6.45) is -4.16. The van der Waals surface area contributed by atoms with Crippen LogP contribution in [0.1, 0.15) is 24.8 Å². The molecule has 0 spiro atoms. The summed E-state index contributed by atoms with van der Waals surface area (Å²) in [6, 6.07) is 3.97. The highest BCUT2D eigenvalue weighted by atomic mass is 32.2. The van der Waals surface area contributed by atoms with Crippen LogP contribution in [0.3, 0.4) is 0 Å². The van der Waals surface area contributed by atoms with Crippen molar-refractivity contribution < 1.29 is 26.4 Å². The molecule has 104 valence electrons. The smallest absolute Gasteiger partial charge is 0.298 e. The molecule has 3 nitrogen and oxygen atoms in total. The molecule has 2 rings (SSSR count). The standard InChI is InChI=1S/C12H11F3O3S/c13-12(14,15)8-4-1-2-6-10(8)19(17,18)11-7-3-5-9(11)16/h1-2,4,6,11H,3,5,7H2. The third kappa shape index (κ3) is 2.51. The summed E-state index contributed by atoms with van der Waals surface area (Å²) in [6.45, 7) is 0. The minimum Gasteiger partial charge on any atom is -0.298 e. The lowest BCUT2D eigenvalue weighted by Gasteiger charge is -2.15. The molecule has 0 saturated heterocycles. The molecule has 0 aromatic heterocycles. The van der Waals surface area contributed by atoms with Crippen LogP contribution in [-0.2, 0) is 20.8 Å². The Morgan fingerprint density at radius 3 is 2.32 bits per heavy atom. The normalized spacial score (nSPS) is 20.8. The van der Waals surface area contributed by atoms with E-state index in [1.54, 1.807) is 0 Å². The van der Waals surface area contributed by atoms with Gasteiger partial charge in [-0.05, 0) is 25.0 Å². The van der Waals surface area contributed by atoms with Gasteiger partial charge in [-0.2, -0.15) is 13.2 Å². The first kappa shape index (κ1) is 14.0. The Hall–Kier alpha value is -1.37. The molecule has 0 heterocycles. The van der Waals surface area contributed by atoms with E-state index in [4.69, 9.17) is 0 Å². The molecule has 1 saturated carbocycles. The third-order valence-corrected chi connectivity index (χ3v) is 5.34. The van der Waals surface area contributed by atoms with Crippen molar-refractivity contribution in [1.82, 2.24) is 0 Å². The van der Waals surface area contributed by atoms with Crippen molar-refractivity contribution in [3.05, 3.63) is 29.8 Å². The number of halogens is 3. The van der Waals surface area contributed by atoms with Crippen LogP contribution in [0, 0.1) is 0 Å². The van der Waals surface area contributed by atoms with Crippen LogP contribution in [0.15, 0.2) is 29.2 Å². The second-order valence-electron chi connectivity index (χ2n) is 4.39. The molecular formula is C12H11F3O3S. The predicted molar refractivity (Wildman–Crippen MR) is 61.3 cm³/mol. The van der Waals surface area contributed by atoms with Crippen LogP contribution in [0.25, 0.3) is 0 Å². The van der Waals surface area contributed by atoms with E-state index >= 15 is 0 Å². The Morgan fingerprint density at radius 2 is 1.79 bits per heavy atom. The Kier molecular flexibility index (Phi) is 3.42. The zero-order valence-corrected chi connectivity index (χ0v) is 10.6. The van der Waals surface area contributed by atoms with Gasteiger partial charge in [0.2, 0.25) is 0 Å². The molecular weight excluding hydrogens is 281 g/mol. The van der Waals surface area contributed by atoms with Crippen LogP contribution >= 0.6 is 0 Å². The van der Waals surface area contributed by atoms with Gasteiger partial charge in [-0.25, -0.2) is 8.42 Å². The zero-order chi connectivity index (χ0) is 14.3. The highest BCUT2D eigenvalue weighted by Crippen LogP contribution is 2.37. The lowest BCUT2D eigenvalue weighted by Crippen LogP contribution is -2.27. The van der Waals surface area contributed by atoms with Gasteiger partial charge in [-0.3, -0.25) is 4.79 Å². The molecule has 1 aliphatic carbocycles. The summed E-state index contributed by atoms with van der Waals surface area (Å²) in [5.41, 5.74) is -1.21. The van der Waals surface area contributed by atoms with Crippen molar-refractivity contribution >= 4 is 15.6 Å². The number of carbonyl (C=O) groups is 1. The molecule has 1 aromatic rings. The second-order valence-corrected chi connectivity index (χ2v) is 6.48. The average Bonchev–Trinajstić information content (AvgIpc) is 2.75. The van der Waals surface area contributed by atoms with E-state index in [1.807, 2.05) is 0 Å². The molecule has 1 aromatic carbocycles. The topological polar surface area (TPSA) is 51.2 Å². The van der Waals surface area contributed by atoms with E-state index in [2.05, 4.69) is 0 Å². The fourth-order valence-corrected chi connectivity index (χ4v) is 4.22. The summed E-state index contributed by atoms with van der Waals surface area (Å²) in [5, 5.41) is -1.34. The number of alkyl halides is 3. The molecule has 7 heteroatoms. The molecule has 0 amide bonds. The molecule has 19 heavy (non-hydrogen) atoms. The molecule has 0 N–H and O–H groups in total. The highest BCUT2D eigenvalue weighted by molar-refractivity contribution is 7.92. The van der Waals surface area contributed by atoms with Crippen LogP contribution in [-0.4, -0.2) is 19.5 Å². The van der Waals surface area contributed by atoms with Gasteiger partial charge in [0.25, 0.3) is 0 Å². The first-order chi connectivity index (χ1) is 8.74. The fraction of sp³-hybridized carbons (Fsp3) is 0.417. The van der Waals surface area contributed by atoms with Gasteiger partial charge in [-0.1, -0.05) is 12.1 Å². The summed E-state index contributed by atoms with van der Waals surface area (Å²) in [5.74, 6) is -0.503. The Labute approximate surface area is 108 Å². The summed E-state index contributed by atoms with van der Waals surface area (Å²) in [7, 11) is -4.27. The van der Waals surface area contributed by atoms with E-state index in [1.165, 1.54) is 6.07 Å². The van der Waals surface area contributed by atoms with Crippen molar-refractivity contribution in [2.75, 3.05) is 0 Å². The van der Waals surface area contributed by atoms with Gasteiger partial charge in [0, 0.05) is 6.42 Å². The monoisotopic (exact) mass is 292 g/mol. The van der Waals surface area contributed by atoms with Crippen LogP contribution in [0.5, 0.6) is 0 Å². The first-order valence-corrected chi connectivity index (χ1v) is 7.22. The van der Waals surface area contributed by atoms with Gasteiger partial charge in [0.15, 0.2) is 15.6 Å². The lowest BCUT2D eigenvalue weighted by molar-refractivity contribution is -0.140. The average molecular weight is 292 g/mol. The van der Waals surface area contributed by atoms with Gasteiger partial charge in [0.1, 0.15) is 5.25 Å². The van der Waals surface area contributed by atoms with Crippen molar-refractivity contribution in [1.29, 1.82) is 0 Å². The maximum Gasteiger partial charge on any atom is 0.417 e. The number of hydrogen-bond acceptors (Lipinski definition) is 3. The van der Waals surface area contributed by atoms with Crippen molar-refractivity contribution in [3.8, 4) is 0 Å². The molecule has 0 radical (unpaired) electrons. The Bertz CT molecular complexity index is 605. The summed E-state index contributed by atoms with van der Waals surface area (Å²) >= 11 is 0. The minimum atomic E-state index is -4.76. The molecule has 0 bridgehead atoms. The van der Waals surface area contributed by atoms with E-state index in [0.29, 0.717) is 12.5 Å². The second kappa shape index (κ2) is 4.63. The van der Waals surface area contributed by atoms with Crippen LogP contribution in [0.2, 0.25) is 0 Å². The van der Waals surface area contributed by atoms with Crippen LogP contribution in [0.4, 0.5) is 13.2 Å². The number of ketones is 1. The summed E-state index contributed by atoms with van der Waals surface area (Å²) < 4.78 is 62.8. The molecule has 1 aliphatic rings. The van der Waals surface area contributed by atoms with E-state index in [-0.39, 0.29) is 12.8 Å². The largest absolute Gasteiger partial charge is 0.417 e. The zero-order valence-electron chi connectivity index (χ0n) is 9.77. The molecule has 1 unspecified atom stereocenters. The quantitative estimate of drug-likeness (QED) is 0.842. The van der Waals surface area contributed by atoms with E-state index in [9.17, 15) is 26.4 Å². The molecule has 1 atom stereocenters. The fourth-order valence-electron chi connectivity index (χ4n) is 2.21. The Balaban J connectivity index is 2.56. The van der Waals surface area contributed by atoms with E-state index < -0.39 is 37.5 Å². The SMILES string of the molecule is O=C1CCCC1S(=O)(=O)c1ccccc1C(F)(F)F. The van der Waals surface area contributed by atoms with E-state index in [0.717, 1.165) is 12.1 Å². The van der Waals surface area contributed by atoms with Crippen LogP contribution < -0.4 is 0 Å². The van der Waals surface area contributed by atoms with Gasteiger partial charge < -0.3 is 0 Å². The highest BCUT2D eigenvalue weighted by Gasteiger charge is 2.42. The number of benzene rings is 1. The predicted octanol–water partition coefficient (Wildman–Crippen LogP) is 2.60. The number of hydrogen-bond donors (Lipinski definition) is 0. The van der Waals surface area contributed by atoms with Gasteiger partial charge in [0.05, 0.1) is 10.5 Å². The Morgan fingerprint density at radius 1 is 1.16 bits per heavy atom. The van der Waals surface area contributed by atoms with Crippen molar-refractivity contribution in [2.45, 2.75) is 35.6 Å². The third-order valence-electron chi connectivity index (χ3n) is 3.12. The maximum atomic E-state index is 12.8. The lowest BCUT2D eigenvalue weighted by atomic mass is 10.2. The number of Topliss-reactive ketones (excluding diaryl/α,β-unsaturated/α-hetero) is 1. The minimum absolute atomic E-state index is 0.0906. The molecule has 0 aliphatic heterocycles. The summed E-state index contributed by atoms with van der Waals surface area (Å²) in [4.78, 5) is 10.7. The van der Waals surface area contributed by atoms with Gasteiger partial charge in [-0.15, -0.1) is 0 Å². The number of rotatable bonds is 2. The van der Waals surface area contributed by atoms with Gasteiger partial charge >= 0.3 is 6.18 Å². The first-order valence-electron chi connectivity index (χ1n) is 5.67. The van der Waals surface area contributed by atoms with Crippen molar-refractivity contribution in [2.24, 2.45) is 0 Å². The number of sulfone groups is 1. The molecule has 1 fully saturated rings. The van der Waals surface area contributed by atoms with Crippen molar-refractivity contribution in [3.63, 3.8) is 0 Å². The maximum absolute atomic E-state index is 12.8. The number of carbonyl (C=O) groups excluding carboxylic acids is 1.